The van der Waals surface area contributed by atoms with Crippen LogP contribution in [0.15, 0.2) is 36.5 Å². The van der Waals surface area contributed by atoms with E-state index in [1.807, 2.05) is 0 Å². The van der Waals surface area contributed by atoms with Gasteiger partial charge in [0.2, 0.25) is 5.82 Å². The van der Waals surface area contributed by atoms with Gasteiger partial charge in [0.1, 0.15) is 0 Å². The monoisotopic (exact) mass is 519 g/mol. The number of amides is 2. The number of nitrogens with one attached hydrogen (secondary N) is 1. The van der Waals surface area contributed by atoms with Crippen molar-refractivity contribution in [1.29, 1.82) is 0 Å². The van der Waals surface area contributed by atoms with Crippen molar-refractivity contribution in [2.75, 3.05) is 19.0 Å². The van der Waals surface area contributed by atoms with Gasteiger partial charge in [-0.3, -0.25) is 14.6 Å². The van der Waals surface area contributed by atoms with Crippen molar-refractivity contribution in [2.45, 2.75) is 32.6 Å². The maximum absolute atomic E-state index is 14.5. The predicted molar refractivity (Wildman–Crippen MR) is 134 cm³/mol. The van der Waals surface area contributed by atoms with Crippen LogP contribution in [0, 0.1) is 11.6 Å². The maximum Gasteiger partial charge on any atom is 0.291 e. The van der Waals surface area contributed by atoms with Crippen LogP contribution < -0.4 is 15.9 Å². The number of rotatable bonds is 10. The minimum atomic E-state index is -1.14. The maximum atomic E-state index is 14.5. The molecule has 0 unspecified atom stereocenters. The molecule has 36 heavy (non-hydrogen) atoms. The lowest BCUT2D eigenvalue weighted by molar-refractivity contribution is 0.0752. The molecule has 0 fully saturated rings. The van der Waals surface area contributed by atoms with E-state index < -0.39 is 23.4 Å². The number of carbonyl (C=O) groups is 2. The molecular weight excluding hydrogens is 492 g/mol. The topological polar surface area (TPSA) is 102 Å². The van der Waals surface area contributed by atoms with E-state index in [1.54, 1.807) is 0 Å². The number of aromatic nitrogens is 2. The Morgan fingerprint density at radius 3 is 2.58 bits per heavy atom. The summed E-state index contributed by atoms with van der Waals surface area (Å²) in [6.45, 7) is 2.51. The molecule has 2 amide bonds. The smallest absolute Gasteiger partial charge is 0.291 e. The number of hydrogen-bond acceptors (Lipinski definition) is 5. The molecule has 3 N–H and O–H groups in total. The third-order valence-corrected chi connectivity index (χ3v) is 6.02. The summed E-state index contributed by atoms with van der Waals surface area (Å²) in [7, 11) is 2.74. The molecule has 0 atom stereocenters. The molecule has 3 aromatic rings. The van der Waals surface area contributed by atoms with Crippen LogP contribution in [0.1, 0.15) is 53.6 Å². The Bertz CT molecular complexity index is 1260. The average Bonchev–Trinajstić information content (AvgIpc) is 3.24. The first-order valence-electron chi connectivity index (χ1n) is 11.4. The van der Waals surface area contributed by atoms with E-state index in [2.05, 4.69) is 17.2 Å². The number of benzene rings is 2. The number of hydrogen-bond donors (Lipinski definition) is 2. The van der Waals surface area contributed by atoms with Gasteiger partial charge in [-0.15, -0.1) is 0 Å². The molecule has 0 spiro atoms. The first kappa shape index (κ1) is 27.1. The zero-order chi connectivity index (χ0) is 26.4. The zero-order valence-corrected chi connectivity index (χ0v) is 21.0. The summed E-state index contributed by atoms with van der Waals surface area (Å²) in [5.74, 6) is 2.33. The molecule has 1 aromatic heterocycles. The Kier molecular flexibility index (Phi) is 9.00. The van der Waals surface area contributed by atoms with Crippen molar-refractivity contribution in [3.05, 3.63) is 64.6 Å². The summed E-state index contributed by atoms with van der Waals surface area (Å²) < 4.78 is 34.8. The highest BCUT2D eigenvalue weighted by Crippen LogP contribution is 2.30. The van der Waals surface area contributed by atoms with Gasteiger partial charge < -0.3 is 14.6 Å². The fourth-order valence-electron chi connectivity index (χ4n) is 3.68. The summed E-state index contributed by atoms with van der Waals surface area (Å²) in [6.07, 6.45) is 5.19. The molecular formula is C25H28ClF2N5O3. The predicted octanol–water partition coefficient (Wildman–Crippen LogP) is 5.18. The van der Waals surface area contributed by atoms with Gasteiger partial charge in [0, 0.05) is 24.8 Å². The molecule has 1 heterocycles. The SMILES string of the molecule is CCCCCCN(N)C(=O)c1ccc(NC(=O)c2ncc(-c3ccc(OC)c(F)c3F)n2C)cc1Cl. The van der Waals surface area contributed by atoms with Crippen LogP contribution >= 0.6 is 11.6 Å². The minimum Gasteiger partial charge on any atom is -0.494 e. The standard InChI is InChI=1S/C25H28ClF2N5O3/c1-4-5-6-7-12-33(29)25(35)16-9-8-15(13-18(16)26)31-24(34)23-30-14-19(32(23)2)17-10-11-20(36-3)22(28)21(17)27/h8-11,13-14H,4-7,12,29H2,1-3H3,(H,31,34). The van der Waals surface area contributed by atoms with Crippen LogP contribution in [0.4, 0.5) is 14.5 Å². The molecule has 11 heteroatoms. The number of halogens is 3. The number of ether oxygens (including phenoxy) is 1. The van der Waals surface area contributed by atoms with Crippen LogP contribution in [0.2, 0.25) is 5.02 Å². The van der Waals surface area contributed by atoms with Gasteiger partial charge in [-0.05, 0) is 36.8 Å². The highest BCUT2D eigenvalue weighted by Gasteiger charge is 2.22. The molecule has 0 bridgehead atoms. The molecule has 0 radical (unpaired) electrons. The van der Waals surface area contributed by atoms with Gasteiger partial charge in [-0.1, -0.05) is 37.8 Å². The van der Waals surface area contributed by atoms with E-state index in [4.69, 9.17) is 22.2 Å². The lowest BCUT2D eigenvalue weighted by Gasteiger charge is -2.17. The van der Waals surface area contributed by atoms with Crippen LogP contribution in [-0.2, 0) is 7.05 Å². The Morgan fingerprint density at radius 1 is 1.17 bits per heavy atom. The molecule has 192 valence electrons. The van der Waals surface area contributed by atoms with E-state index in [0.717, 1.165) is 30.7 Å². The molecule has 8 nitrogen and oxygen atoms in total. The second-order valence-corrected chi connectivity index (χ2v) is 8.58. The quantitative estimate of drug-likeness (QED) is 0.166. The van der Waals surface area contributed by atoms with Crippen molar-refractivity contribution in [3.63, 3.8) is 0 Å². The number of nitrogens with two attached hydrogens (primary N) is 1. The Balaban J connectivity index is 1.73. The van der Waals surface area contributed by atoms with Crippen molar-refractivity contribution >= 4 is 29.1 Å². The number of anilines is 1. The van der Waals surface area contributed by atoms with Gasteiger partial charge >= 0.3 is 0 Å². The van der Waals surface area contributed by atoms with Gasteiger partial charge in [-0.2, -0.15) is 4.39 Å². The lowest BCUT2D eigenvalue weighted by atomic mass is 10.1. The van der Waals surface area contributed by atoms with E-state index in [1.165, 1.54) is 55.3 Å². The molecule has 0 aliphatic heterocycles. The second-order valence-electron chi connectivity index (χ2n) is 8.18. The van der Waals surface area contributed by atoms with Crippen molar-refractivity contribution in [2.24, 2.45) is 12.9 Å². The minimum absolute atomic E-state index is 0.0443. The van der Waals surface area contributed by atoms with Crippen LogP contribution in [0.25, 0.3) is 11.3 Å². The molecule has 0 saturated heterocycles. The number of hydrazine groups is 1. The summed E-state index contributed by atoms with van der Waals surface area (Å²) in [5, 5.41) is 3.90. The van der Waals surface area contributed by atoms with E-state index in [9.17, 15) is 18.4 Å². The van der Waals surface area contributed by atoms with Crippen molar-refractivity contribution in [1.82, 2.24) is 14.6 Å². The molecule has 0 saturated carbocycles. The third-order valence-electron chi connectivity index (χ3n) is 5.70. The molecule has 0 aliphatic carbocycles. The number of carbonyl (C=O) groups excluding carboxylic acids is 2. The number of nitrogens with zero attached hydrogens (tertiary/aromatic N) is 3. The third kappa shape index (κ3) is 5.83. The van der Waals surface area contributed by atoms with E-state index in [-0.39, 0.29) is 33.4 Å². The summed E-state index contributed by atoms with van der Waals surface area (Å²) >= 11 is 6.29. The van der Waals surface area contributed by atoms with Crippen LogP contribution in [-0.4, -0.2) is 40.0 Å². The Labute approximate surface area is 213 Å². The molecule has 3 rings (SSSR count). The largest absolute Gasteiger partial charge is 0.494 e. The zero-order valence-electron chi connectivity index (χ0n) is 20.3. The number of imidazole rings is 1. The fraction of sp³-hybridized carbons (Fsp3) is 0.320. The summed E-state index contributed by atoms with van der Waals surface area (Å²) in [5.41, 5.74) is 0.651. The normalized spacial score (nSPS) is 10.9. The van der Waals surface area contributed by atoms with Gasteiger partial charge in [-0.25, -0.2) is 15.2 Å². The lowest BCUT2D eigenvalue weighted by Crippen LogP contribution is -2.38. The second kappa shape index (κ2) is 12.0. The fourth-order valence-corrected chi connectivity index (χ4v) is 3.94. The summed E-state index contributed by atoms with van der Waals surface area (Å²) in [6, 6.07) is 7.06. The Morgan fingerprint density at radius 2 is 1.92 bits per heavy atom. The van der Waals surface area contributed by atoms with Gasteiger partial charge in [0.25, 0.3) is 11.8 Å². The Hall–Kier alpha value is -3.50. The first-order chi connectivity index (χ1) is 17.2. The average molecular weight is 520 g/mol. The van der Waals surface area contributed by atoms with Gasteiger partial charge in [0.05, 0.1) is 29.6 Å². The molecule has 0 aliphatic rings. The molecule has 2 aromatic carbocycles. The van der Waals surface area contributed by atoms with E-state index in [0.29, 0.717) is 12.2 Å². The number of methoxy groups -OCH3 is 1. The first-order valence-corrected chi connectivity index (χ1v) is 11.8. The van der Waals surface area contributed by atoms with Crippen molar-refractivity contribution in [3.8, 4) is 17.0 Å². The summed E-state index contributed by atoms with van der Waals surface area (Å²) in [4.78, 5) is 29.5. The number of unbranched alkanes of at least 4 members (excludes halogenated alkanes) is 3. The van der Waals surface area contributed by atoms with Crippen LogP contribution in [0.3, 0.4) is 0 Å². The highest BCUT2D eigenvalue weighted by molar-refractivity contribution is 6.34. The van der Waals surface area contributed by atoms with Crippen LogP contribution in [0.5, 0.6) is 5.75 Å². The van der Waals surface area contributed by atoms with E-state index >= 15 is 0 Å². The highest BCUT2D eigenvalue weighted by atomic mass is 35.5. The van der Waals surface area contributed by atoms with Gasteiger partial charge in [0.15, 0.2) is 17.4 Å². The van der Waals surface area contributed by atoms with Crippen molar-refractivity contribution < 1.29 is 23.1 Å².